The van der Waals surface area contributed by atoms with Crippen LogP contribution in [0.15, 0.2) is 30.5 Å². The Labute approximate surface area is 105 Å². The molecule has 0 fully saturated rings. The quantitative estimate of drug-likeness (QED) is 0.787. The van der Waals surface area contributed by atoms with Gasteiger partial charge in [-0.1, -0.05) is 11.6 Å². The molecule has 0 atom stereocenters. The third kappa shape index (κ3) is 2.24. The molecule has 0 unspecified atom stereocenters. The normalized spacial score (nSPS) is 11.6. The Hall–Kier alpha value is -1.82. The van der Waals surface area contributed by atoms with E-state index in [4.69, 9.17) is 11.6 Å². The SMILES string of the molecule is O=Cc1cnc(C(F)(F)F)n1-c1ccc(Cl)cc1. The first-order valence-electron chi connectivity index (χ1n) is 4.79. The Bertz CT molecular complexity index is 575. The number of nitrogens with zero attached hydrogens (tertiary/aromatic N) is 2. The molecule has 0 saturated heterocycles. The molecule has 0 radical (unpaired) electrons. The summed E-state index contributed by atoms with van der Waals surface area (Å²) in [7, 11) is 0. The molecule has 0 N–H and O–H groups in total. The molecule has 2 aromatic rings. The van der Waals surface area contributed by atoms with Crippen molar-refractivity contribution in [1.29, 1.82) is 0 Å². The van der Waals surface area contributed by atoms with Gasteiger partial charge in [-0.25, -0.2) is 4.98 Å². The molecule has 0 amide bonds. The van der Waals surface area contributed by atoms with Crippen molar-refractivity contribution in [2.24, 2.45) is 0 Å². The van der Waals surface area contributed by atoms with Gasteiger partial charge >= 0.3 is 6.18 Å². The summed E-state index contributed by atoms with van der Waals surface area (Å²) in [6.45, 7) is 0. The highest BCUT2D eigenvalue weighted by Gasteiger charge is 2.37. The Morgan fingerprint density at radius 1 is 1.22 bits per heavy atom. The lowest BCUT2D eigenvalue weighted by atomic mass is 10.3. The average molecular weight is 275 g/mol. The lowest BCUT2D eigenvalue weighted by Gasteiger charge is -2.11. The monoisotopic (exact) mass is 274 g/mol. The van der Waals surface area contributed by atoms with Gasteiger partial charge in [-0.2, -0.15) is 13.2 Å². The van der Waals surface area contributed by atoms with Gasteiger partial charge in [0.2, 0.25) is 5.82 Å². The molecular formula is C11H6ClF3N2O. The number of hydrogen-bond acceptors (Lipinski definition) is 2. The van der Waals surface area contributed by atoms with Gasteiger partial charge in [-0.3, -0.25) is 9.36 Å². The maximum Gasteiger partial charge on any atom is 0.450 e. The highest BCUT2D eigenvalue weighted by Crippen LogP contribution is 2.31. The maximum absolute atomic E-state index is 12.7. The zero-order valence-electron chi connectivity index (χ0n) is 8.78. The van der Waals surface area contributed by atoms with Crippen LogP contribution in [0, 0.1) is 0 Å². The molecule has 18 heavy (non-hydrogen) atoms. The Balaban J connectivity index is 2.64. The number of aldehydes is 1. The second-order valence-corrected chi connectivity index (χ2v) is 3.87. The van der Waals surface area contributed by atoms with E-state index in [0.717, 1.165) is 10.8 Å². The smallest absolute Gasteiger partial charge is 0.296 e. The summed E-state index contributed by atoms with van der Waals surface area (Å²) < 4.78 is 39.0. The fraction of sp³-hybridized carbons (Fsp3) is 0.0909. The summed E-state index contributed by atoms with van der Waals surface area (Å²) in [5.74, 6) is -1.15. The van der Waals surface area contributed by atoms with E-state index in [2.05, 4.69) is 4.98 Å². The molecular weight excluding hydrogens is 269 g/mol. The number of aromatic nitrogens is 2. The largest absolute Gasteiger partial charge is 0.450 e. The number of carbonyl (C=O) groups is 1. The predicted molar refractivity (Wildman–Crippen MR) is 59.0 cm³/mol. The fourth-order valence-electron chi connectivity index (χ4n) is 1.51. The molecule has 0 aliphatic heterocycles. The minimum atomic E-state index is -4.64. The summed E-state index contributed by atoms with van der Waals surface area (Å²) in [6.07, 6.45) is -3.44. The van der Waals surface area contributed by atoms with Gasteiger partial charge in [-0.05, 0) is 24.3 Å². The molecule has 0 saturated carbocycles. The van der Waals surface area contributed by atoms with E-state index >= 15 is 0 Å². The van der Waals surface area contributed by atoms with E-state index in [1.165, 1.54) is 24.3 Å². The van der Waals surface area contributed by atoms with Crippen LogP contribution in [0.4, 0.5) is 13.2 Å². The van der Waals surface area contributed by atoms with Crippen LogP contribution in [-0.4, -0.2) is 15.8 Å². The molecule has 0 aliphatic carbocycles. The van der Waals surface area contributed by atoms with E-state index in [0.29, 0.717) is 11.3 Å². The van der Waals surface area contributed by atoms with Crippen LogP contribution in [0.5, 0.6) is 0 Å². The topological polar surface area (TPSA) is 34.9 Å². The first kappa shape index (κ1) is 12.6. The second kappa shape index (κ2) is 4.45. The molecule has 1 heterocycles. The average Bonchev–Trinajstić information content (AvgIpc) is 2.73. The molecule has 3 nitrogen and oxygen atoms in total. The number of halogens is 4. The van der Waals surface area contributed by atoms with Gasteiger partial charge in [0.15, 0.2) is 6.29 Å². The van der Waals surface area contributed by atoms with Crippen molar-refractivity contribution in [2.75, 3.05) is 0 Å². The number of carbonyl (C=O) groups excluding carboxylic acids is 1. The van der Waals surface area contributed by atoms with Crippen molar-refractivity contribution >= 4 is 17.9 Å². The summed E-state index contributed by atoms with van der Waals surface area (Å²) in [5, 5.41) is 0.389. The molecule has 2 rings (SSSR count). The maximum atomic E-state index is 12.7. The first-order chi connectivity index (χ1) is 8.43. The molecule has 7 heteroatoms. The fourth-order valence-corrected chi connectivity index (χ4v) is 1.64. The zero-order chi connectivity index (χ0) is 13.3. The van der Waals surface area contributed by atoms with Crippen molar-refractivity contribution in [3.63, 3.8) is 0 Å². The lowest BCUT2D eigenvalue weighted by molar-refractivity contribution is -0.145. The van der Waals surface area contributed by atoms with Crippen LogP contribution in [0.1, 0.15) is 16.3 Å². The van der Waals surface area contributed by atoms with Crippen molar-refractivity contribution < 1.29 is 18.0 Å². The number of alkyl halides is 3. The van der Waals surface area contributed by atoms with E-state index in [1.807, 2.05) is 0 Å². The molecule has 0 spiro atoms. The van der Waals surface area contributed by atoms with Gasteiger partial charge in [-0.15, -0.1) is 0 Å². The van der Waals surface area contributed by atoms with Gasteiger partial charge in [0, 0.05) is 10.7 Å². The summed E-state index contributed by atoms with van der Waals surface area (Å²) in [4.78, 5) is 14.0. The van der Waals surface area contributed by atoms with Crippen LogP contribution in [0.3, 0.4) is 0 Å². The standard InChI is InChI=1S/C11H6ClF3N2O/c12-7-1-3-8(4-2-7)17-9(6-18)5-16-10(17)11(13,14)15/h1-6H. The van der Waals surface area contributed by atoms with Crippen molar-refractivity contribution in [3.05, 3.63) is 47.0 Å². The number of rotatable bonds is 2. The second-order valence-electron chi connectivity index (χ2n) is 3.43. The van der Waals surface area contributed by atoms with Gasteiger partial charge in [0.25, 0.3) is 0 Å². The lowest BCUT2D eigenvalue weighted by Crippen LogP contribution is -2.15. The summed E-state index contributed by atoms with van der Waals surface area (Å²) in [6, 6.07) is 5.63. The van der Waals surface area contributed by atoms with Crippen molar-refractivity contribution in [3.8, 4) is 5.69 Å². The van der Waals surface area contributed by atoms with Crippen LogP contribution >= 0.6 is 11.6 Å². The van der Waals surface area contributed by atoms with Crippen LogP contribution in [0.2, 0.25) is 5.02 Å². The Morgan fingerprint density at radius 3 is 2.33 bits per heavy atom. The van der Waals surface area contributed by atoms with Crippen LogP contribution in [-0.2, 0) is 6.18 Å². The molecule has 1 aromatic heterocycles. The van der Waals surface area contributed by atoms with Gasteiger partial charge in [0.1, 0.15) is 5.69 Å². The van der Waals surface area contributed by atoms with Crippen molar-refractivity contribution in [2.45, 2.75) is 6.18 Å². The third-order valence-corrected chi connectivity index (χ3v) is 2.50. The highest BCUT2D eigenvalue weighted by molar-refractivity contribution is 6.30. The van der Waals surface area contributed by atoms with Crippen LogP contribution < -0.4 is 0 Å². The van der Waals surface area contributed by atoms with E-state index in [-0.39, 0.29) is 11.4 Å². The van der Waals surface area contributed by atoms with E-state index < -0.39 is 12.0 Å². The number of benzene rings is 1. The van der Waals surface area contributed by atoms with Crippen LogP contribution in [0.25, 0.3) is 5.69 Å². The number of hydrogen-bond donors (Lipinski definition) is 0. The molecule has 0 aliphatic rings. The van der Waals surface area contributed by atoms with Gasteiger partial charge < -0.3 is 0 Å². The zero-order valence-corrected chi connectivity index (χ0v) is 9.53. The molecule has 1 aromatic carbocycles. The molecule has 0 bridgehead atoms. The summed E-state index contributed by atoms with van der Waals surface area (Å²) >= 11 is 5.66. The summed E-state index contributed by atoms with van der Waals surface area (Å²) in [5.41, 5.74) is -0.00373. The highest BCUT2D eigenvalue weighted by atomic mass is 35.5. The Morgan fingerprint density at radius 2 is 1.83 bits per heavy atom. The van der Waals surface area contributed by atoms with E-state index in [1.54, 1.807) is 0 Å². The number of imidazole rings is 1. The first-order valence-corrected chi connectivity index (χ1v) is 5.17. The van der Waals surface area contributed by atoms with E-state index in [9.17, 15) is 18.0 Å². The minimum Gasteiger partial charge on any atom is -0.296 e. The third-order valence-electron chi connectivity index (χ3n) is 2.25. The Kier molecular flexibility index (Phi) is 3.13. The minimum absolute atomic E-state index is 0.173. The van der Waals surface area contributed by atoms with Crippen molar-refractivity contribution in [1.82, 2.24) is 9.55 Å². The molecule has 94 valence electrons. The predicted octanol–water partition coefficient (Wildman–Crippen LogP) is 3.36. The van der Waals surface area contributed by atoms with Gasteiger partial charge in [0.05, 0.1) is 6.20 Å².